The topological polar surface area (TPSA) is 158 Å². The maximum absolute atomic E-state index is 12.5. The number of amides is 1. The van der Waals surface area contributed by atoms with E-state index in [-0.39, 0.29) is 24.1 Å². The second-order valence-corrected chi connectivity index (χ2v) is 19.2. The summed E-state index contributed by atoms with van der Waals surface area (Å²) in [5, 5.41) is 13.7. The number of carbonyl (C=O) groups excluding carboxylic acids is 1. The second-order valence-electron chi connectivity index (χ2n) is 19.2. The maximum atomic E-state index is 12.5. The van der Waals surface area contributed by atoms with E-state index in [2.05, 4.69) is 126 Å². The van der Waals surface area contributed by atoms with Crippen LogP contribution in [0.5, 0.6) is 5.75 Å². The Morgan fingerprint density at radius 3 is 1.61 bits per heavy atom. The lowest BCUT2D eigenvalue weighted by Crippen LogP contribution is -2.32. The molecule has 3 saturated heterocycles. The quantitative estimate of drug-likeness (QED) is 0.0838. The summed E-state index contributed by atoms with van der Waals surface area (Å²) >= 11 is 0. The Hall–Kier alpha value is -6.78. The molecule has 3 unspecified atom stereocenters. The predicted molar refractivity (Wildman–Crippen MR) is 283 cm³/mol. The van der Waals surface area contributed by atoms with Crippen molar-refractivity contribution in [1.82, 2.24) is 35.1 Å². The summed E-state index contributed by atoms with van der Waals surface area (Å²) in [5.41, 5.74) is 16.4. The fourth-order valence-electron chi connectivity index (χ4n) is 9.16. The van der Waals surface area contributed by atoms with Gasteiger partial charge in [0.1, 0.15) is 29.0 Å². The molecule has 72 heavy (non-hydrogen) atoms. The molecule has 7 heterocycles. The number of nitrogen functional groups attached to an aromatic ring is 1. The number of hydrogen-bond acceptors (Lipinski definition) is 12. The molecule has 6 N–H and O–H groups in total. The fourth-order valence-corrected chi connectivity index (χ4v) is 9.16. The number of hydrogen-bond donors (Lipinski definition) is 5. The second kappa shape index (κ2) is 26.1. The number of nitrogens with one attached hydrogen (secondary N) is 4. The molecule has 1 amide bonds. The summed E-state index contributed by atoms with van der Waals surface area (Å²) in [6.07, 6.45) is -1.39. The summed E-state index contributed by atoms with van der Waals surface area (Å²) < 4.78 is 40.4. The summed E-state index contributed by atoms with van der Waals surface area (Å²) in [5.74, 6) is 3.08. The predicted octanol–water partition coefficient (Wildman–Crippen LogP) is 9.99. The Kier molecular flexibility index (Phi) is 19.8. The highest BCUT2D eigenvalue weighted by atomic mass is 19.4. The Morgan fingerprint density at radius 2 is 1.12 bits per heavy atom. The minimum atomic E-state index is -4.72. The van der Waals surface area contributed by atoms with Crippen LogP contribution in [-0.2, 0) is 17.8 Å². The molecular formula is C56H72F3N11O2. The van der Waals surface area contributed by atoms with E-state index in [1.807, 2.05) is 58.9 Å². The van der Waals surface area contributed by atoms with Crippen molar-refractivity contribution < 1.29 is 22.7 Å². The van der Waals surface area contributed by atoms with Crippen molar-refractivity contribution in [2.75, 3.05) is 61.0 Å². The molecule has 13 nitrogen and oxygen atoms in total. The smallest absolute Gasteiger partial charge is 0.406 e. The van der Waals surface area contributed by atoms with Crippen LogP contribution in [0.4, 0.5) is 36.4 Å². The lowest BCUT2D eigenvalue weighted by Gasteiger charge is -2.18. The van der Waals surface area contributed by atoms with Gasteiger partial charge < -0.3 is 36.6 Å². The molecule has 0 aliphatic carbocycles. The van der Waals surface area contributed by atoms with Gasteiger partial charge in [-0.2, -0.15) is 0 Å². The number of anilines is 4. The molecule has 3 aliphatic heterocycles. The Balaban J connectivity index is 0.000000169. The first-order valence-corrected chi connectivity index (χ1v) is 24.7. The first-order chi connectivity index (χ1) is 34.3. The summed E-state index contributed by atoms with van der Waals surface area (Å²) in [4.78, 5) is 34.3. The van der Waals surface area contributed by atoms with Gasteiger partial charge in [-0.25, -0.2) is 19.9 Å². The molecule has 0 radical (unpaired) electrons. The number of benzene rings is 2. The molecule has 384 valence electrons. The van der Waals surface area contributed by atoms with E-state index < -0.39 is 6.36 Å². The Morgan fingerprint density at radius 1 is 0.625 bits per heavy atom. The van der Waals surface area contributed by atoms with Gasteiger partial charge in [0.2, 0.25) is 5.91 Å². The molecule has 3 atom stereocenters. The monoisotopic (exact) mass is 988 g/mol. The van der Waals surface area contributed by atoms with Gasteiger partial charge in [0.25, 0.3) is 0 Å². The van der Waals surface area contributed by atoms with E-state index in [1.165, 1.54) is 59.4 Å². The van der Waals surface area contributed by atoms with Gasteiger partial charge in [-0.15, -0.1) is 13.2 Å². The van der Waals surface area contributed by atoms with Gasteiger partial charge >= 0.3 is 6.36 Å². The number of aryl methyl sites for hydroxylation is 8. The number of carbonyl (C=O) groups is 1. The van der Waals surface area contributed by atoms with E-state index in [1.54, 1.807) is 4.90 Å². The summed E-state index contributed by atoms with van der Waals surface area (Å²) in [6, 6.07) is 33.5. The van der Waals surface area contributed by atoms with Crippen LogP contribution in [0.25, 0.3) is 0 Å². The molecular weight excluding hydrogens is 916 g/mol. The zero-order valence-corrected chi connectivity index (χ0v) is 43.0. The number of nitrogens with two attached hydrogens (primary N) is 1. The minimum absolute atomic E-state index is 0.0535. The maximum Gasteiger partial charge on any atom is 0.573 e. The molecule has 3 aliphatic rings. The van der Waals surface area contributed by atoms with E-state index in [0.29, 0.717) is 36.6 Å². The van der Waals surface area contributed by atoms with Crippen molar-refractivity contribution in [3.63, 3.8) is 0 Å². The van der Waals surface area contributed by atoms with E-state index >= 15 is 0 Å². The lowest BCUT2D eigenvalue weighted by atomic mass is 10.1. The average Bonchev–Trinajstić information content (AvgIpc) is 4.07. The van der Waals surface area contributed by atoms with Crippen LogP contribution in [0.15, 0.2) is 103 Å². The third kappa shape index (κ3) is 19.1. The van der Waals surface area contributed by atoms with Crippen LogP contribution in [0.3, 0.4) is 0 Å². The van der Waals surface area contributed by atoms with Crippen molar-refractivity contribution in [3.05, 3.63) is 159 Å². The number of nitrogens with zero attached hydrogens (tertiary/aromatic N) is 6. The van der Waals surface area contributed by atoms with Crippen molar-refractivity contribution in [2.24, 2.45) is 0 Å². The van der Waals surface area contributed by atoms with E-state index in [4.69, 9.17) is 5.73 Å². The zero-order valence-electron chi connectivity index (χ0n) is 43.0. The molecule has 9 rings (SSSR count). The number of pyridine rings is 4. The molecule has 2 aromatic carbocycles. The number of likely N-dealkylation sites (tertiary alicyclic amines) is 2. The van der Waals surface area contributed by atoms with Crippen molar-refractivity contribution in [2.45, 2.75) is 112 Å². The summed E-state index contributed by atoms with van der Waals surface area (Å²) in [6.45, 7) is 22.8. The third-order valence-corrected chi connectivity index (χ3v) is 12.1. The first kappa shape index (κ1) is 54.6. The molecule has 0 saturated carbocycles. The highest BCUT2D eigenvalue weighted by molar-refractivity contribution is 5.79. The summed E-state index contributed by atoms with van der Waals surface area (Å²) in [7, 11) is 0. The lowest BCUT2D eigenvalue weighted by molar-refractivity contribution is -0.274. The van der Waals surface area contributed by atoms with Gasteiger partial charge in [0, 0.05) is 80.2 Å². The molecule has 0 bridgehead atoms. The van der Waals surface area contributed by atoms with E-state index in [9.17, 15) is 18.0 Å². The van der Waals surface area contributed by atoms with Crippen LogP contribution in [0.2, 0.25) is 0 Å². The molecule has 6 aromatic rings. The number of aromatic nitrogens is 4. The largest absolute Gasteiger partial charge is 0.573 e. The van der Waals surface area contributed by atoms with Crippen molar-refractivity contribution in [3.8, 4) is 5.75 Å². The average molecular weight is 988 g/mol. The minimum Gasteiger partial charge on any atom is -0.406 e. The highest BCUT2D eigenvalue weighted by Crippen LogP contribution is 2.24. The molecule has 4 aromatic heterocycles. The SMILES string of the molecule is Cc1cc(C)nc(N)c1.Cc1cc(C)nc(NC2CCN(C(=O)Cc3ccc(OC(F)(F)F)cc3)C2)c1.Cc1cc(C)nc(NC2CCN(Cc3ccccc3)C2)c1.Cc1cc(C)nc(NC2CCNC2)c1. The number of ether oxygens (including phenoxy) is 1. The van der Waals surface area contributed by atoms with Crippen LogP contribution in [0.1, 0.15) is 75.4 Å². The molecule has 0 spiro atoms. The van der Waals surface area contributed by atoms with Crippen molar-refractivity contribution in [1.29, 1.82) is 0 Å². The van der Waals surface area contributed by atoms with Crippen LogP contribution >= 0.6 is 0 Å². The molecule has 3 fully saturated rings. The van der Waals surface area contributed by atoms with Crippen molar-refractivity contribution >= 4 is 29.2 Å². The first-order valence-electron chi connectivity index (χ1n) is 24.7. The highest BCUT2D eigenvalue weighted by Gasteiger charge is 2.31. The fraction of sp³-hybridized carbons (Fsp3) is 0.411. The van der Waals surface area contributed by atoms with E-state index in [0.717, 1.165) is 84.9 Å². The standard InChI is InChI=1S/C20H22F3N3O2.C18H23N3.C11H17N3.C7H10N2/c1-13-9-14(2)24-18(10-13)25-16-7-8-26(12-16)19(27)11-15-3-5-17(6-4-15)28-20(21,22)23;1-14-10-15(2)19-18(11-14)20-17-8-9-21(13-17)12-16-6-4-3-5-7-16;1-8-5-9(2)13-11(6-8)14-10-3-4-12-7-10;1-5-3-6(2)9-7(8)4-5/h3-6,9-10,16H,7-8,11-12H2,1-2H3,(H,24,25);3-7,10-11,17H,8-9,12-13H2,1-2H3,(H,19,20);5-6,10,12H,3-4,7H2,1-2H3,(H,13,14);3-4H,1-2H3,(H2,8,9). The normalized spacial score (nSPS) is 17.4. The van der Waals surface area contributed by atoms with Gasteiger partial charge in [-0.1, -0.05) is 42.5 Å². The third-order valence-electron chi connectivity index (χ3n) is 12.1. The van der Waals surface area contributed by atoms with Gasteiger partial charge in [0.15, 0.2) is 0 Å². The Bertz CT molecular complexity index is 2550. The van der Waals surface area contributed by atoms with Crippen LogP contribution in [0, 0.1) is 55.4 Å². The zero-order chi connectivity index (χ0) is 51.8. The number of halogens is 3. The molecule has 16 heteroatoms. The van der Waals surface area contributed by atoms with Gasteiger partial charge in [0.05, 0.1) is 6.42 Å². The van der Waals surface area contributed by atoms with Crippen LogP contribution in [-0.4, -0.2) is 99.4 Å². The van der Waals surface area contributed by atoms with Gasteiger partial charge in [-0.05, 0) is 175 Å². The Labute approximate surface area is 423 Å². The number of rotatable bonds is 11. The van der Waals surface area contributed by atoms with Gasteiger partial charge in [-0.3, -0.25) is 9.69 Å². The number of alkyl halides is 3. The van der Waals surface area contributed by atoms with Crippen LogP contribution < -0.4 is 31.7 Å².